The highest BCUT2D eigenvalue weighted by Crippen LogP contribution is 2.01. The monoisotopic (exact) mass is 462 g/mol. The van der Waals surface area contributed by atoms with E-state index in [-0.39, 0.29) is 31.2 Å². The zero-order chi connectivity index (χ0) is 23.8. The molecule has 3 atom stereocenters. The van der Waals surface area contributed by atoms with E-state index in [1.807, 2.05) is 0 Å². The Morgan fingerprint density at radius 2 is 1.65 bits per heavy atom. The number of rotatable bonds is 16. The number of hydrogen-bond acceptors (Lipinski definition) is 8. The molecule has 3 amide bonds. The quantitative estimate of drug-likeness (QED) is 0.0479. The third kappa shape index (κ3) is 13.4. The van der Waals surface area contributed by atoms with Gasteiger partial charge in [-0.3, -0.25) is 19.4 Å². The van der Waals surface area contributed by atoms with Gasteiger partial charge < -0.3 is 44.0 Å². The molecule has 0 radical (unpaired) electrons. The second-order valence-corrected chi connectivity index (χ2v) is 7.12. The average Bonchev–Trinajstić information content (AvgIpc) is 2.71. The number of guanidine groups is 1. The highest BCUT2D eigenvalue weighted by atomic mass is 32.1. The molecule has 0 bridgehead atoms. The summed E-state index contributed by atoms with van der Waals surface area (Å²) < 4.78 is 0. The molecular formula is C17H34N8O5S. The van der Waals surface area contributed by atoms with Crippen LogP contribution in [0.1, 0.15) is 32.1 Å². The van der Waals surface area contributed by atoms with Crippen LogP contribution in [0.5, 0.6) is 0 Å². The van der Waals surface area contributed by atoms with Crippen LogP contribution in [0.15, 0.2) is 4.99 Å². The number of unbranched alkanes of at least 4 members (excludes halogenated alkanes) is 1. The smallest absolute Gasteiger partial charge is 0.326 e. The molecule has 13 nitrogen and oxygen atoms in total. The fourth-order valence-corrected chi connectivity index (χ4v) is 2.67. The van der Waals surface area contributed by atoms with Crippen LogP contribution in [0.25, 0.3) is 0 Å². The standard InChI is InChI=1S/C17H34N8O5S/c18-6-2-1-4-10(19)14(27)23-8-13(26)24-12(9-31)15(28)25-11(16(29)30)5-3-7-22-17(20)21/h10-12,31H,1-9,18-19H2,(H,23,27)(H,24,26)(H,25,28)(H,29,30)(H4,20,21,22)/t10-,11+,12-/m1/s1. The van der Waals surface area contributed by atoms with Crippen LogP contribution in [-0.4, -0.2) is 78.3 Å². The number of nitrogens with zero attached hydrogens (tertiary/aromatic N) is 1. The van der Waals surface area contributed by atoms with Crippen molar-refractivity contribution in [2.24, 2.45) is 27.9 Å². The summed E-state index contributed by atoms with van der Waals surface area (Å²) >= 11 is 4.01. The van der Waals surface area contributed by atoms with Gasteiger partial charge in [-0.25, -0.2) is 4.79 Å². The normalized spacial score (nSPS) is 13.4. The zero-order valence-electron chi connectivity index (χ0n) is 17.4. The highest BCUT2D eigenvalue weighted by Gasteiger charge is 2.25. The Labute approximate surface area is 186 Å². The lowest BCUT2D eigenvalue weighted by molar-refractivity contribution is -0.142. The summed E-state index contributed by atoms with van der Waals surface area (Å²) in [5, 5.41) is 16.4. The Morgan fingerprint density at radius 3 is 2.19 bits per heavy atom. The van der Waals surface area contributed by atoms with E-state index in [4.69, 9.17) is 22.9 Å². The van der Waals surface area contributed by atoms with Gasteiger partial charge in [0.1, 0.15) is 12.1 Å². The van der Waals surface area contributed by atoms with Crippen molar-refractivity contribution < 1.29 is 24.3 Å². The van der Waals surface area contributed by atoms with E-state index < -0.39 is 41.8 Å². The molecule has 0 saturated carbocycles. The van der Waals surface area contributed by atoms with Crippen LogP contribution in [0.3, 0.4) is 0 Å². The van der Waals surface area contributed by atoms with Crippen molar-refractivity contribution in [3.8, 4) is 0 Å². The molecule has 12 N–H and O–H groups in total. The number of thiol groups is 1. The number of amides is 3. The number of hydrogen-bond donors (Lipinski definition) is 9. The van der Waals surface area contributed by atoms with E-state index in [1.54, 1.807) is 0 Å². The topological polar surface area (TPSA) is 241 Å². The molecular weight excluding hydrogens is 428 g/mol. The van der Waals surface area contributed by atoms with Gasteiger partial charge in [-0.05, 0) is 32.2 Å². The van der Waals surface area contributed by atoms with Crippen molar-refractivity contribution >= 4 is 42.3 Å². The predicted molar refractivity (Wildman–Crippen MR) is 119 cm³/mol. The number of carbonyl (C=O) groups is 4. The summed E-state index contributed by atoms with van der Waals surface area (Å²) in [6, 6.07) is -3.05. The summed E-state index contributed by atoms with van der Waals surface area (Å²) in [5.41, 5.74) is 21.5. The summed E-state index contributed by atoms with van der Waals surface area (Å²) in [4.78, 5) is 51.4. The molecule has 0 saturated heterocycles. The van der Waals surface area contributed by atoms with E-state index in [0.717, 1.165) is 6.42 Å². The minimum Gasteiger partial charge on any atom is -0.480 e. The fraction of sp³-hybridized carbons (Fsp3) is 0.706. The van der Waals surface area contributed by atoms with Crippen molar-refractivity contribution in [1.82, 2.24) is 16.0 Å². The number of carboxylic acid groups (broad SMARTS) is 1. The molecule has 14 heteroatoms. The van der Waals surface area contributed by atoms with E-state index in [1.165, 1.54) is 0 Å². The molecule has 31 heavy (non-hydrogen) atoms. The lowest BCUT2D eigenvalue weighted by Crippen LogP contribution is -2.54. The van der Waals surface area contributed by atoms with Crippen molar-refractivity contribution in [3.63, 3.8) is 0 Å². The Kier molecular flexibility index (Phi) is 14.8. The predicted octanol–water partition coefficient (Wildman–Crippen LogP) is -3.40. The Bertz CT molecular complexity index is 630. The largest absolute Gasteiger partial charge is 0.480 e. The highest BCUT2D eigenvalue weighted by molar-refractivity contribution is 7.80. The van der Waals surface area contributed by atoms with Gasteiger partial charge in [-0.1, -0.05) is 6.42 Å². The van der Waals surface area contributed by atoms with Crippen LogP contribution < -0.4 is 38.9 Å². The summed E-state index contributed by atoms with van der Waals surface area (Å²) in [6.45, 7) is 0.327. The maximum absolute atomic E-state index is 12.3. The molecule has 0 fully saturated rings. The number of aliphatic imine (C=N–C) groups is 1. The van der Waals surface area contributed by atoms with Gasteiger partial charge in [0.15, 0.2) is 5.96 Å². The summed E-state index contributed by atoms with van der Waals surface area (Å²) in [5.74, 6) is -3.29. The Morgan fingerprint density at radius 1 is 0.968 bits per heavy atom. The first kappa shape index (κ1) is 28.4. The van der Waals surface area contributed by atoms with Gasteiger partial charge in [-0.2, -0.15) is 12.6 Å². The lowest BCUT2D eigenvalue weighted by Gasteiger charge is -2.20. The molecule has 0 aliphatic rings. The van der Waals surface area contributed by atoms with Crippen molar-refractivity contribution in [3.05, 3.63) is 0 Å². The van der Waals surface area contributed by atoms with Crippen LogP contribution in [-0.2, 0) is 19.2 Å². The third-order valence-electron chi connectivity index (χ3n) is 4.12. The Balaban J connectivity index is 4.55. The Hall–Kier alpha value is -2.58. The van der Waals surface area contributed by atoms with E-state index in [9.17, 15) is 24.3 Å². The molecule has 0 aromatic rings. The maximum atomic E-state index is 12.3. The summed E-state index contributed by atoms with van der Waals surface area (Å²) in [6.07, 6.45) is 2.28. The molecule has 0 aromatic heterocycles. The molecule has 0 heterocycles. The van der Waals surface area contributed by atoms with E-state index >= 15 is 0 Å². The second kappa shape index (κ2) is 16.2. The van der Waals surface area contributed by atoms with Gasteiger partial charge in [-0.15, -0.1) is 0 Å². The number of nitrogens with two attached hydrogens (primary N) is 4. The minimum atomic E-state index is -1.24. The van der Waals surface area contributed by atoms with E-state index in [0.29, 0.717) is 25.8 Å². The van der Waals surface area contributed by atoms with Crippen LogP contribution in [0.4, 0.5) is 0 Å². The molecule has 0 aliphatic carbocycles. The average molecular weight is 463 g/mol. The summed E-state index contributed by atoms with van der Waals surface area (Å²) in [7, 11) is 0. The first-order valence-corrected chi connectivity index (χ1v) is 10.5. The number of carboxylic acids is 1. The van der Waals surface area contributed by atoms with Gasteiger partial charge in [0.05, 0.1) is 12.6 Å². The van der Waals surface area contributed by atoms with Gasteiger partial charge in [0.2, 0.25) is 17.7 Å². The van der Waals surface area contributed by atoms with Gasteiger partial charge in [0.25, 0.3) is 0 Å². The second-order valence-electron chi connectivity index (χ2n) is 6.76. The van der Waals surface area contributed by atoms with Crippen LogP contribution >= 0.6 is 12.6 Å². The molecule has 0 unspecified atom stereocenters. The van der Waals surface area contributed by atoms with E-state index in [2.05, 4.69) is 33.6 Å². The maximum Gasteiger partial charge on any atom is 0.326 e. The minimum absolute atomic E-state index is 0.0789. The van der Waals surface area contributed by atoms with Gasteiger partial charge >= 0.3 is 5.97 Å². The lowest BCUT2D eigenvalue weighted by atomic mass is 10.1. The van der Waals surface area contributed by atoms with Crippen LogP contribution in [0, 0.1) is 0 Å². The molecule has 178 valence electrons. The molecule has 0 aliphatic heterocycles. The van der Waals surface area contributed by atoms with Crippen molar-refractivity contribution in [1.29, 1.82) is 0 Å². The molecule has 0 rings (SSSR count). The van der Waals surface area contributed by atoms with Crippen molar-refractivity contribution in [2.45, 2.75) is 50.2 Å². The molecule has 0 spiro atoms. The third-order valence-corrected chi connectivity index (χ3v) is 4.49. The first-order valence-electron chi connectivity index (χ1n) is 9.84. The van der Waals surface area contributed by atoms with Crippen LogP contribution in [0.2, 0.25) is 0 Å². The number of carbonyl (C=O) groups excluding carboxylic acids is 3. The zero-order valence-corrected chi connectivity index (χ0v) is 18.3. The first-order chi connectivity index (χ1) is 14.6. The fourth-order valence-electron chi connectivity index (χ4n) is 2.41. The molecule has 0 aromatic carbocycles. The van der Waals surface area contributed by atoms with Gasteiger partial charge in [0, 0.05) is 12.3 Å². The van der Waals surface area contributed by atoms with Crippen molar-refractivity contribution in [2.75, 3.05) is 25.4 Å². The SMILES string of the molecule is NCCCC[C@@H](N)C(=O)NCC(=O)N[C@H](CS)C(=O)N[C@@H](CCCN=C(N)N)C(=O)O. The number of nitrogens with one attached hydrogen (secondary N) is 3. The number of aliphatic carboxylic acids is 1.